The number of aromatic nitrogens is 2. The van der Waals surface area contributed by atoms with Crippen LogP contribution < -0.4 is 16.3 Å². The second-order valence-corrected chi connectivity index (χ2v) is 8.74. The van der Waals surface area contributed by atoms with Gasteiger partial charge in [-0.15, -0.1) is 0 Å². The molecular formula is C23H44N4O2. The van der Waals surface area contributed by atoms with Gasteiger partial charge in [0.1, 0.15) is 0 Å². The molecule has 0 saturated heterocycles. The lowest BCUT2D eigenvalue weighted by Gasteiger charge is -2.25. The fraction of sp³-hybridized carbons (Fsp3) is 0.870. The number of aromatic hydroxyl groups is 1. The Labute approximate surface area is 177 Å². The van der Waals surface area contributed by atoms with Crippen LogP contribution in [-0.4, -0.2) is 27.3 Å². The third-order valence-corrected chi connectivity index (χ3v) is 6.34. The van der Waals surface area contributed by atoms with Gasteiger partial charge in [0.05, 0.1) is 18.0 Å². The highest BCUT2D eigenvalue weighted by Crippen LogP contribution is 2.38. The van der Waals surface area contributed by atoms with Crippen molar-refractivity contribution in [2.45, 2.75) is 117 Å². The maximum absolute atomic E-state index is 13.4. The molecule has 3 N–H and O–H groups in total. The van der Waals surface area contributed by atoms with Crippen molar-refractivity contribution in [3.05, 3.63) is 16.2 Å². The van der Waals surface area contributed by atoms with E-state index in [4.69, 9.17) is 0 Å². The van der Waals surface area contributed by atoms with E-state index in [1.54, 1.807) is 4.57 Å². The van der Waals surface area contributed by atoms with E-state index in [0.29, 0.717) is 0 Å². The maximum atomic E-state index is 13.4. The Morgan fingerprint density at radius 2 is 1.41 bits per heavy atom. The maximum Gasteiger partial charge on any atom is 0.333 e. The summed E-state index contributed by atoms with van der Waals surface area (Å²) < 4.78 is 3.40. The molecule has 1 aromatic heterocycles. The van der Waals surface area contributed by atoms with Gasteiger partial charge in [-0.05, 0) is 52.6 Å². The summed E-state index contributed by atoms with van der Waals surface area (Å²) in [5.74, 6) is 0.435. The molecule has 1 heterocycles. The highest BCUT2D eigenvalue weighted by atomic mass is 16.3. The fourth-order valence-electron chi connectivity index (χ4n) is 4.57. The van der Waals surface area contributed by atoms with Crippen molar-refractivity contribution in [3.63, 3.8) is 0 Å². The fourth-order valence-corrected chi connectivity index (χ4v) is 4.57. The number of hydrogen-bond acceptors (Lipinski definition) is 4. The summed E-state index contributed by atoms with van der Waals surface area (Å²) in [7, 11) is 0. The normalized spacial score (nSPS) is 17.5. The zero-order valence-electron chi connectivity index (χ0n) is 19.2. The number of unbranched alkanes of at least 4 members (excludes halogenated alkanes) is 4. The molecule has 0 amide bonds. The van der Waals surface area contributed by atoms with E-state index >= 15 is 0 Å². The SMILES string of the molecule is CCCCCNC(C)n1c(O)c(C2CCCCC2)n(C(C)NCCCCC)c1=O. The molecular weight excluding hydrogens is 364 g/mol. The Bertz CT molecular complexity index is 646. The first-order valence-corrected chi connectivity index (χ1v) is 12.0. The third kappa shape index (κ3) is 6.35. The number of rotatable bonds is 13. The van der Waals surface area contributed by atoms with Gasteiger partial charge in [0.15, 0.2) is 0 Å². The summed E-state index contributed by atoms with van der Waals surface area (Å²) in [5.41, 5.74) is 0.737. The molecule has 0 bridgehead atoms. The topological polar surface area (TPSA) is 71.2 Å². The molecule has 29 heavy (non-hydrogen) atoms. The molecule has 0 aromatic carbocycles. The number of hydrogen-bond donors (Lipinski definition) is 3. The lowest BCUT2D eigenvalue weighted by atomic mass is 9.87. The van der Waals surface area contributed by atoms with Crippen LogP contribution in [0.5, 0.6) is 5.88 Å². The van der Waals surface area contributed by atoms with Crippen LogP contribution in [-0.2, 0) is 0 Å². The molecule has 6 heteroatoms. The van der Waals surface area contributed by atoms with Gasteiger partial charge in [-0.3, -0.25) is 15.2 Å². The third-order valence-electron chi connectivity index (χ3n) is 6.34. The quantitative estimate of drug-likeness (QED) is 0.402. The second-order valence-electron chi connectivity index (χ2n) is 8.74. The average Bonchev–Trinajstić information content (AvgIpc) is 2.99. The first-order chi connectivity index (χ1) is 14.0. The lowest BCUT2D eigenvalue weighted by Crippen LogP contribution is -2.38. The van der Waals surface area contributed by atoms with Crippen LogP contribution in [0.4, 0.5) is 0 Å². The molecule has 6 nitrogen and oxygen atoms in total. The van der Waals surface area contributed by atoms with E-state index in [0.717, 1.165) is 44.5 Å². The molecule has 0 aliphatic heterocycles. The molecule has 1 aromatic rings. The molecule has 168 valence electrons. The van der Waals surface area contributed by atoms with Crippen LogP contribution in [0.3, 0.4) is 0 Å². The van der Waals surface area contributed by atoms with Gasteiger partial charge in [0, 0.05) is 5.92 Å². The number of nitrogens with zero attached hydrogens (tertiary/aromatic N) is 2. The van der Waals surface area contributed by atoms with Crippen LogP contribution >= 0.6 is 0 Å². The van der Waals surface area contributed by atoms with Crippen LogP contribution in [0, 0.1) is 0 Å². The van der Waals surface area contributed by atoms with Crippen LogP contribution in [0.2, 0.25) is 0 Å². The lowest BCUT2D eigenvalue weighted by molar-refractivity contribution is 0.339. The largest absolute Gasteiger partial charge is 0.493 e. The molecule has 1 aliphatic carbocycles. The number of imidazole rings is 1. The zero-order chi connectivity index (χ0) is 21.2. The monoisotopic (exact) mass is 408 g/mol. The molecule has 2 unspecified atom stereocenters. The van der Waals surface area contributed by atoms with Gasteiger partial charge in [-0.2, -0.15) is 0 Å². The average molecular weight is 409 g/mol. The first-order valence-electron chi connectivity index (χ1n) is 12.0. The molecule has 2 rings (SSSR count). The minimum atomic E-state index is -0.213. The van der Waals surface area contributed by atoms with Crippen molar-refractivity contribution in [1.29, 1.82) is 0 Å². The summed E-state index contributed by atoms with van der Waals surface area (Å²) in [6, 6.07) is 0. The summed E-state index contributed by atoms with van der Waals surface area (Å²) in [6.07, 6.45) is 12.3. The standard InChI is InChI=1S/C23H44N4O2/c1-5-7-12-16-24-18(3)26-21(20-14-10-9-11-15-20)22(28)27(23(26)29)19(4)25-17-13-8-6-2/h18-20,24-25,28H,5-17H2,1-4H3. The van der Waals surface area contributed by atoms with Crippen molar-refractivity contribution >= 4 is 0 Å². The number of nitrogens with one attached hydrogen (secondary N) is 2. The Hall–Kier alpha value is -1.27. The van der Waals surface area contributed by atoms with Gasteiger partial charge < -0.3 is 5.11 Å². The van der Waals surface area contributed by atoms with Crippen molar-refractivity contribution in [2.75, 3.05) is 13.1 Å². The Morgan fingerprint density at radius 1 is 0.897 bits per heavy atom. The first kappa shape index (κ1) is 24.0. The summed E-state index contributed by atoms with van der Waals surface area (Å²) in [5, 5.41) is 18.1. The Balaban J connectivity index is 2.27. The van der Waals surface area contributed by atoms with E-state index in [-0.39, 0.29) is 29.8 Å². The van der Waals surface area contributed by atoms with Crippen molar-refractivity contribution in [1.82, 2.24) is 19.8 Å². The zero-order valence-corrected chi connectivity index (χ0v) is 19.2. The van der Waals surface area contributed by atoms with Gasteiger partial charge in [0.2, 0.25) is 5.88 Å². The predicted molar refractivity (Wildman–Crippen MR) is 121 cm³/mol. The Kier molecular flexibility index (Phi) is 10.3. The molecule has 0 radical (unpaired) electrons. The molecule has 1 fully saturated rings. The summed E-state index contributed by atoms with van der Waals surface area (Å²) >= 11 is 0. The summed E-state index contributed by atoms with van der Waals surface area (Å²) in [6.45, 7) is 10.1. The van der Waals surface area contributed by atoms with E-state index in [9.17, 15) is 9.90 Å². The van der Waals surface area contributed by atoms with Gasteiger partial charge in [-0.25, -0.2) is 9.36 Å². The van der Waals surface area contributed by atoms with E-state index in [2.05, 4.69) is 24.5 Å². The van der Waals surface area contributed by atoms with Crippen LogP contribution in [0.25, 0.3) is 0 Å². The van der Waals surface area contributed by atoms with Crippen LogP contribution in [0.15, 0.2) is 4.79 Å². The summed E-state index contributed by atoms with van der Waals surface area (Å²) in [4.78, 5) is 13.4. The van der Waals surface area contributed by atoms with Gasteiger partial charge in [0.25, 0.3) is 0 Å². The minimum absolute atomic E-state index is 0.103. The van der Waals surface area contributed by atoms with Crippen molar-refractivity contribution in [3.8, 4) is 5.88 Å². The highest BCUT2D eigenvalue weighted by Gasteiger charge is 2.31. The van der Waals surface area contributed by atoms with Crippen LogP contribution in [0.1, 0.15) is 122 Å². The highest BCUT2D eigenvalue weighted by molar-refractivity contribution is 5.26. The van der Waals surface area contributed by atoms with Crippen molar-refractivity contribution in [2.24, 2.45) is 0 Å². The minimum Gasteiger partial charge on any atom is -0.493 e. The van der Waals surface area contributed by atoms with E-state index in [1.807, 2.05) is 18.4 Å². The van der Waals surface area contributed by atoms with E-state index in [1.165, 1.54) is 44.9 Å². The molecule has 0 spiro atoms. The smallest absolute Gasteiger partial charge is 0.333 e. The molecule has 1 saturated carbocycles. The van der Waals surface area contributed by atoms with E-state index < -0.39 is 0 Å². The predicted octanol–water partition coefficient (Wildman–Crippen LogP) is 5.00. The van der Waals surface area contributed by atoms with Gasteiger partial charge >= 0.3 is 5.69 Å². The molecule has 1 aliphatic rings. The Morgan fingerprint density at radius 3 is 1.93 bits per heavy atom. The second kappa shape index (κ2) is 12.4. The van der Waals surface area contributed by atoms with Gasteiger partial charge in [-0.1, -0.05) is 58.8 Å². The van der Waals surface area contributed by atoms with Crippen molar-refractivity contribution < 1.29 is 5.11 Å². The molecule has 2 atom stereocenters.